The van der Waals surface area contributed by atoms with Crippen LogP contribution in [0.2, 0.25) is 0 Å². The molecule has 2 aromatic carbocycles. The zero-order valence-electron chi connectivity index (χ0n) is 18.6. The van der Waals surface area contributed by atoms with Crippen molar-refractivity contribution in [3.8, 4) is 0 Å². The minimum atomic E-state index is -0.198. The number of likely N-dealkylation sites (tertiary alicyclic amines) is 1. The van der Waals surface area contributed by atoms with Crippen LogP contribution >= 0.6 is 11.8 Å². The van der Waals surface area contributed by atoms with E-state index in [1.54, 1.807) is 0 Å². The van der Waals surface area contributed by atoms with Gasteiger partial charge in [0, 0.05) is 36.6 Å². The van der Waals surface area contributed by atoms with Crippen LogP contribution in [0.1, 0.15) is 54.1 Å². The summed E-state index contributed by atoms with van der Waals surface area (Å²) in [5.41, 5.74) is 3.93. The average molecular weight is 438 g/mol. The van der Waals surface area contributed by atoms with Crippen molar-refractivity contribution in [3.05, 3.63) is 65.2 Å². The number of anilines is 1. The number of thioether (sulfide) groups is 1. The Morgan fingerprint density at radius 1 is 1.03 bits per heavy atom. The Balaban J connectivity index is 1.38. The van der Waals surface area contributed by atoms with Crippen LogP contribution in [0.15, 0.2) is 48.5 Å². The third kappa shape index (κ3) is 4.59. The summed E-state index contributed by atoms with van der Waals surface area (Å²) in [4.78, 5) is 29.7. The molecule has 0 radical (unpaired) electrons. The molecule has 2 aromatic rings. The van der Waals surface area contributed by atoms with Gasteiger partial charge in [0.05, 0.1) is 4.87 Å². The van der Waals surface area contributed by atoms with Gasteiger partial charge in [-0.05, 0) is 55.5 Å². The quantitative estimate of drug-likeness (QED) is 0.706. The first-order valence-corrected chi connectivity index (χ1v) is 12.0. The molecule has 1 spiro atoms. The first-order chi connectivity index (χ1) is 14.9. The highest BCUT2D eigenvalue weighted by atomic mass is 32.2. The predicted molar refractivity (Wildman–Crippen MR) is 128 cm³/mol. The summed E-state index contributed by atoms with van der Waals surface area (Å²) < 4.78 is 0. The van der Waals surface area contributed by atoms with Gasteiger partial charge in [-0.25, -0.2) is 4.79 Å². The molecule has 2 saturated heterocycles. The van der Waals surface area contributed by atoms with E-state index in [0.29, 0.717) is 19.0 Å². The van der Waals surface area contributed by atoms with E-state index in [4.69, 9.17) is 0 Å². The normalized spacial score (nSPS) is 17.9. The second-order valence-electron chi connectivity index (χ2n) is 8.81. The topological polar surface area (TPSA) is 52.7 Å². The molecule has 0 saturated carbocycles. The molecule has 2 fully saturated rings. The first-order valence-electron chi connectivity index (χ1n) is 11.1. The van der Waals surface area contributed by atoms with Gasteiger partial charge in [-0.3, -0.25) is 4.79 Å². The molecule has 164 valence electrons. The van der Waals surface area contributed by atoms with Crippen molar-refractivity contribution in [1.29, 1.82) is 0 Å². The van der Waals surface area contributed by atoms with E-state index in [2.05, 4.69) is 31.3 Å². The largest absolute Gasteiger partial charge is 0.324 e. The number of amides is 3. The molecule has 31 heavy (non-hydrogen) atoms. The number of carbonyl (C=O) groups excluding carboxylic acids is 2. The summed E-state index contributed by atoms with van der Waals surface area (Å²) in [6.07, 6.45) is 1.60. The molecule has 0 unspecified atom stereocenters. The van der Waals surface area contributed by atoms with Crippen molar-refractivity contribution in [3.63, 3.8) is 0 Å². The highest BCUT2D eigenvalue weighted by Crippen LogP contribution is 2.44. The lowest BCUT2D eigenvalue weighted by Crippen LogP contribution is -2.54. The zero-order valence-corrected chi connectivity index (χ0v) is 19.4. The molecule has 6 heteroatoms. The molecule has 2 heterocycles. The maximum Gasteiger partial charge on any atom is 0.321 e. The second-order valence-corrected chi connectivity index (χ2v) is 10.3. The van der Waals surface area contributed by atoms with Gasteiger partial charge in [-0.15, -0.1) is 11.8 Å². The van der Waals surface area contributed by atoms with Crippen LogP contribution in [0.4, 0.5) is 10.5 Å². The number of aryl methyl sites for hydroxylation is 1. The van der Waals surface area contributed by atoms with Crippen molar-refractivity contribution >= 4 is 29.4 Å². The number of hydrogen-bond acceptors (Lipinski definition) is 3. The minimum Gasteiger partial charge on any atom is -0.324 e. The number of nitrogens with one attached hydrogen (secondary N) is 1. The number of hydrogen-bond donors (Lipinski definition) is 1. The number of carbonyl (C=O) groups is 2. The van der Waals surface area contributed by atoms with Crippen molar-refractivity contribution in [2.45, 2.75) is 44.4 Å². The second kappa shape index (κ2) is 8.95. The summed E-state index contributed by atoms with van der Waals surface area (Å²) in [7, 11) is 0. The highest BCUT2D eigenvalue weighted by molar-refractivity contribution is 8.00. The van der Waals surface area contributed by atoms with Crippen molar-refractivity contribution in [2.24, 2.45) is 0 Å². The van der Waals surface area contributed by atoms with E-state index >= 15 is 0 Å². The van der Waals surface area contributed by atoms with Gasteiger partial charge in [0.1, 0.15) is 0 Å². The van der Waals surface area contributed by atoms with Crippen molar-refractivity contribution in [1.82, 2.24) is 9.80 Å². The van der Waals surface area contributed by atoms with E-state index in [1.165, 1.54) is 5.56 Å². The molecular weight excluding hydrogens is 406 g/mol. The maximum absolute atomic E-state index is 13.2. The van der Waals surface area contributed by atoms with E-state index in [9.17, 15) is 9.59 Å². The Morgan fingerprint density at radius 2 is 1.74 bits per heavy atom. The van der Waals surface area contributed by atoms with E-state index < -0.39 is 0 Å². The first kappa shape index (κ1) is 21.8. The third-order valence-electron chi connectivity index (χ3n) is 6.35. The smallest absolute Gasteiger partial charge is 0.321 e. The molecule has 0 aromatic heterocycles. The molecule has 2 aliphatic heterocycles. The van der Waals surface area contributed by atoms with Gasteiger partial charge in [0.2, 0.25) is 0 Å². The number of piperidine rings is 1. The van der Waals surface area contributed by atoms with Crippen LogP contribution in [0, 0.1) is 6.92 Å². The van der Waals surface area contributed by atoms with Crippen molar-refractivity contribution in [2.75, 3.05) is 30.7 Å². The lowest BCUT2D eigenvalue weighted by Gasteiger charge is -2.44. The van der Waals surface area contributed by atoms with Gasteiger partial charge >= 0.3 is 6.03 Å². The van der Waals surface area contributed by atoms with Crippen LogP contribution in [-0.4, -0.2) is 52.0 Å². The SMILES string of the molecule is Cc1cccc(C(=O)N2CCSC23CCN(C(=O)Nc2ccc(C(C)C)cc2)CC3)c1. The molecular formula is C25H31N3O2S. The number of nitrogens with zero attached hydrogens (tertiary/aromatic N) is 2. The molecule has 3 amide bonds. The number of rotatable bonds is 3. The van der Waals surface area contributed by atoms with Crippen LogP contribution in [0.5, 0.6) is 0 Å². The van der Waals surface area contributed by atoms with Gasteiger partial charge in [0.15, 0.2) is 0 Å². The number of urea groups is 1. The summed E-state index contributed by atoms with van der Waals surface area (Å²) >= 11 is 1.87. The lowest BCUT2D eigenvalue weighted by molar-refractivity contribution is 0.0585. The average Bonchev–Trinajstić information content (AvgIpc) is 3.16. The maximum atomic E-state index is 13.2. The molecule has 0 aliphatic carbocycles. The standard InChI is InChI=1S/C25H31N3O2S/c1-18(2)20-7-9-22(10-8-20)26-24(30)27-13-11-25(12-14-27)28(15-16-31-25)23(29)21-6-4-5-19(3)17-21/h4-10,17-18H,11-16H2,1-3H3,(H,26,30). The Kier molecular flexibility index (Phi) is 6.28. The van der Waals surface area contributed by atoms with E-state index in [-0.39, 0.29) is 16.8 Å². The Bertz CT molecular complexity index is 949. The minimum absolute atomic E-state index is 0.0632. The Labute approximate surface area is 189 Å². The fraction of sp³-hybridized carbons (Fsp3) is 0.440. The van der Waals surface area contributed by atoms with Gasteiger partial charge in [0.25, 0.3) is 5.91 Å². The van der Waals surface area contributed by atoms with Crippen LogP contribution in [0.25, 0.3) is 0 Å². The van der Waals surface area contributed by atoms with Crippen LogP contribution in [-0.2, 0) is 0 Å². The molecule has 2 aliphatic rings. The predicted octanol–water partition coefficient (Wildman–Crippen LogP) is 5.33. The molecule has 1 N–H and O–H groups in total. The van der Waals surface area contributed by atoms with E-state index in [1.807, 2.05) is 64.9 Å². The summed E-state index contributed by atoms with van der Waals surface area (Å²) in [6, 6.07) is 15.8. The highest BCUT2D eigenvalue weighted by Gasteiger charge is 2.47. The summed E-state index contributed by atoms with van der Waals surface area (Å²) in [6.45, 7) is 8.40. The van der Waals surface area contributed by atoms with Gasteiger partial charge in [-0.2, -0.15) is 0 Å². The van der Waals surface area contributed by atoms with Crippen LogP contribution in [0.3, 0.4) is 0 Å². The molecule has 0 atom stereocenters. The van der Waals surface area contributed by atoms with Gasteiger partial charge in [-0.1, -0.05) is 43.7 Å². The van der Waals surface area contributed by atoms with Crippen LogP contribution < -0.4 is 5.32 Å². The Morgan fingerprint density at radius 3 is 2.39 bits per heavy atom. The monoisotopic (exact) mass is 437 g/mol. The van der Waals surface area contributed by atoms with Gasteiger partial charge < -0.3 is 15.1 Å². The molecule has 4 rings (SSSR count). The summed E-state index contributed by atoms with van der Waals surface area (Å²) in [5, 5.41) is 3.02. The molecule has 5 nitrogen and oxygen atoms in total. The third-order valence-corrected chi connectivity index (χ3v) is 7.90. The zero-order chi connectivity index (χ0) is 22.0. The Hall–Kier alpha value is -2.47. The van der Waals surface area contributed by atoms with Crippen molar-refractivity contribution < 1.29 is 9.59 Å². The number of benzene rings is 2. The molecule has 0 bridgehead atoms. The fourth-order valence-electron chi connectivity index (χ4n) is 4.46. The fourth-order valence-corrected chi connectivity index (χ4v) is 5.91. The summed E-state index contributed by atoms with van der Waals surface area (Å²) in [5.74, 6) is 1.53. The lowest BCUT2D eigenvalue weighted by atomic mass is 10.0. The van der Waals surface area contributed by atoms with E-state index in [0.717, 1.165) is 42.0 Å².